The highest BCUT2D eigenvalue weighted by molar-refractivity contribution is 5.99. The Balaban J connectivity index is 1.89. The third kappa shape index (κ3) is 4.35. The molecule has 0 atom stereocenters. The molecule has 0 aliphatic heterocycles. The molecule has 0 spiro atoms. The first-order chi connectivity index (χ1) is 11.0. The number of benzene rings is 2. The van der Waals surface area contributed by atoms with E-state index in [0.717, 1.165) is 12.1 Å². The Bertz CT molecular complexity index is 783. The molecule has 2 aromatic carbocycles. The lowest BCUT2D eigenvalue weighted by Gasteiger charge is -2.07. The number of nitrogens with one attached hydrogen (secondary N) is 2. The Hall–Kier alpha value is -3.27. The molecule has 7 heteroatoms. The quantitative estimate of drug-likeness (QED) is 0.907. The number of carbonyl (C=O) groups excluding carboxylic acids is 2. The van der Waals surface area contributed by atoms with Crippen LogP contribution in [0.25, 0.3) is 0 Å². The fourth-order valence-corrected chi connectivity index (χ4v) is 1.74. The molecule has 0 aromatic heterocycles. The minimum Gasteiger partial charge on any atom is -0.343 e. The van der Waals surface area contributed by atoms with Crippen molar-refractivity contribution in [3.63, 3.8) is 0 Å². The lowest BCUT2D eigenvalue weighted by Crippen LogP contribution is -2.32. The van der Waals surface area contributed by atoms with Gasteiger partial charge >= 0.3 is 0 Å². The van der Waals surface area contributed by atoms with Crippen LogP contribution in [0.4, 0.5) is 14.5 Å². The van der Waals surface area contributed by atoms with Gasteiger partial charge in [-0.05, 0) is 36.4 Å². The second kappa shape index (κ2) is 7.13. The third-order valence-corrected chi connectivity index (χ3v) is 2.89. The molecule has 5 nitrogen and oxygen atoms in total. The van der Waals surface area contributed by atoms with E-state index in [4.69, 9.17) is 5.26 Å². The van der Waals surface area contributed by atoms with Gasteiger partial charge in [-0.15, -0.1) is 0 Å². The van der Waals surface area contributed by atoms with Gasteiger partial charge in [0.25, 0.3) is 5.91 Å². The van der Waals surface area contributed by atoms with Crippen LogP contribution in [0.2, 0.25) is 0 Å². The maximum absolute atomic E-state index is 13.0. The lowest BCUT2D eigenvalue weighted by atomic mass is 10.1. The summed E-state index contributed by atoms with van der Waals surface area (Å²) in [6.07, 6.45) is 0. The number of amides is 2. The van der Waals surface area contributed by atoms with E-state index in [1.54, 1.807) is 0 Å². The van der Waals surface area contributed by atoms with Gasteiger partial charge in [0.05, 0.1) is 18.2 Å². The highest BCUT2D eigenvalue weighted by atomic mass is 19.2. The summed E-state index contributed by atoms with van der Waals surface area (Å²) < 4.78 is 25.8. The Morgan fingerprint density at radius 3 is 2.35 bits per heavy atom. The number of anilines is 1. The summed E-state index contributed by atoms with van der Waals surface area (Å²) in [6.45, 7) is -0.335. The van der Waals surface area contributed by atoms with Crippen molar-refractivity contribution in [1.82, 2.24) is 5.32 Å². The predicted molar refractivity (Wildman–Crippen MR) is 78.5 cm³/mol. The molecule has 0 radical (unpaired) electrons. The van der Waals surface area contributed by atoms with Crippen LogP contribution in [0.15, 0.2) is 42.5 Å². The van der Waals surface area contributed by atoms with Crippen LogP contribution in [-0.2, 0) is 4.79 Å². The van der Waals surface area contributed by atoms with Crippen molar-refractivity contribution in [1.29, 1.82) is 5.26 Å². The Labute approximate surface area is 130 Å². The van der Waals surface area contributed by atoms with Crippen molar-refractivity contribution in [3.8, 4) is 6.07 Å². The first-order valence-electron chi connectivity index (χ1n) is 6.53. The second-order valence-electron chi connectivity index (χ2n) is 4.55. The standard InChI is InChI=1S/C16H11F2N3O2/c17-13-6-5-12(7-14(13)18)21-15(22)9-20-16(23)11-3-1-10(8-19)2-4-11/h1-7H,9H2,(H,20,23)(H,21,22). The third-order valence-electron chi connectivity index (χ3n) is 2.89. The number of nitriles is 1. The van der Waals surface area contributed by atoms with E-state index in [2.05, 4.69) is 10.6 Å². The molecular weight excluding hydrogens is 304 g/mol. The zero-order valence-corrected chi connectivity index (χ0v) is 11.8. The normalized spacial score (nSPS) is 9.78. The molecule has 2 N–H and O–H groups in total. The maximum Gasteiger partial charge on any atom is 0.251 e. The average molecular weight is 315 g/mol. The topological polar surface area (TPSA) is 82.0 Å². The summed E-state index contributed by atoms with van der Waals surface area (Å²) in [5.41, 5.74) is 0.795. The number of halogens is 2. The average Bonchev–Trinajstić information content (AvgIpc) is 2.56. The smallest absolute Gasteiger partial charge is 0.251 e. The van der Waals surface area contributed by atoms with E-state index in [0.29, 0.717) is 11.1 Å². The molecule has 0 saturated heterocycles. The van der Waals surface area contributed by atoms with E-state index < -0.39 is 23.4 Å². The van der Waals surface area contributed by atoms with Crippen molar-refractivity contribution in [2.24, 2.45) is 0 Å². The number of carbonyl (C=O) groups is 2. The zero-order chi connectivity index (χ0) is 16.8. The molecule has 0 heterocycles. The van der Waals surface area contributed by atoms with E-state index in [1.165, 1.54) is 30.3 Å². The molecule has 0 fully saturated rings. The summed E-state index contributed by atoms with van der Waals surface area (Å²) in [4.78, 5) is 23.5. The molecule has 0 bridgehead atoms. The minimum atomic E-state index is -1.08. The van der Waals surface area contributed by atoms with Gasteiger partial charge < -0.3 is 10.6 Å². The summed E-state index contributed by atoms with van der Waals surface area (Å²) in [6, 6.07) is 10.7. The SMILES string of the molecule is N#Cc1ccc(C(=O)NCC(=O)Nc2ccc(F)c(F)c2)cc1. The van der Waals surface area contributed by atoms with Crippen LogP contribution in [0.5, 0.6) is 0 Å². The fourth-order valence-electron chi connectivity index (χ4n) is 1.74. The fraction of sp³-hybridized carbons (Fsp3) is 0.0625. The second-order valence-corrected chi connectivity index (χ2v) is 4.55. The van der Waals surface area contributed by atoms with E-state index >= 15 is 0 Å². The van der Waals surface area contributed by atoms with Crippen molar-refractivity contribution >= 4 is 17.5 Å². The first kappa shape index (κ1) is 16.1. The molecule has 2 rings (SSSR count). The largest absolute Gasteiger partial charge is 0.343 e. The predicted octanol–water partition coefficient (Wildman–Crippen LogP) is 2.20. The molecule has 2 aromatic rings. The van der Waals surface area contributed by atoms with Crippen molar-refractivity contribution in [3.05, 3.63) is 65.2 Å². The van der Waals surface area contributed by atoms with E-state index in [9.17, 15) is 18.4 Å². The van der Waals surface area contributed by atoms with Gasteiger partial charge in [-0.1, -0.05) is 0 Å². The lowest BCUT2D eigenvalue weighted by molar-refractivity contribution is -0.115. The van der Waals surface area contributed by atoms with Gasteiger partial charge in [-0.25, -0.2) is 8.78 Å². The van der Waals surface area contributed by atoms with Gasteiger partial charge in [0.2, 0.25) is 5.91 Å². The van der Waals surface area contributed by atoms with Gasteiger partial charge in [0.1, 0.15) is 0 Å². The van der Waals surface area contributed by atoms with Crippen LogP contribution >= 0.6 is 0 Å². The number of hydrogen-bond donors (Lipinski definition) is 2. The van der Waals surface area contributed by atoms with Gasteiger partial charge in [0.15, 0.2) is 11.6 Å². The van der Waals surface area contributed by atoms with Crippen molar-refractivity contribution in [2.75, 3.05) is 11.9 Å². The summed E-state index contributed by atoms with van der Waals surface area (Å²) >= 11 is 0. The molecule has 116 valence electrons. The van der Waals surface area contributed by atoms with E-state index in [1.807, 2.05) is 6.07 Å². The van der Waals surface area contributed by atoms with Crippen LogP contribution in [0.1, 0.15) is 15.9 Å². The zero-order valence-electron chi connectivity index (χ0n) is 11.8. The monoisotopic (exact) mass is 315 g/mol. The van der Waals surface area contributed by atoms with Gasteiger partial charge in [-0.2, -0.15) is 5.26 Å². The summed E-state index contributed by atoms with van der Waals surface area (Å²) in [5, 5.41) is 13.4. The Kier molecular flexibility index (Phi) is 5.00. The minimum absolute atomic E-state index is 0.0847. The number of rotatable bonds is 4. The summed E-state index contributed by atoms with van der Waals surface area (Å²) in [5.74, 6) is -3.17. The molecule has 0 saturated carbocycles. The van der Waals surface area contributed by atoms with Crippen molar-refractivity contribution in [2.45, 2.75) is 0 Å². The highest BCUT2D eigenvalue weighted by Crippen LogP contribution is 2.12. The van der Waals surface area contributed by atoms with Crippen LogP contribution < -0.4 is 10.6 Å². The first-order valence-corrected chi connectivity index (χ1v) is 6.53. The number of hydrogen-bond acceptors (Lipinski definition) is 3. The number of nitrogens with zero attached hydrogens (tertiary/aromatic N) is 1. The van der Waals surface area contributed by atoms with Gasteiger partial charge in [0, 0.05) is 17.3 Å². The molecule has 0 unspecified atom stereocenters. The molecule has 0 aliphatic carbocycles. The van der Waals surface area contributed by atoms with Crippen LogP contribution in [-0.4, -0.2) is 18.4 Å². The van der Waals surface area contributed by atoms with Gasteiger partial charge in [-0.3, -0.25) is 9.59 Å². The molecular formula is C16H11F2N3O2. The van der Waals surface area contributed by atoms with Crippen molar-refractivity contribution < 1.29 is 18.4 Å². The van der Waals surface area contributed by atoms with E-state index in [-0.39, 0.29) is 12.2 Å². The maximum atomic E-state index is 13.0. The van der Waals surface area contributed by atoms with Crippen LogP contribution in [0, 0.1) is 23.0 Å². The molecule has 2 amide bonds. The summed E-state index contributed by atoms with van der Waals surface area (Å²) in [7, 11) is 0. The van der Waals surface area contributed by atoms with Crippen LogP contribution in [0.3, 0.4) is 0 Å². The Morgan fingerprint density at radius 1 is 1.04 bits per heavy atom. The Morgan fingerprint density at radius 2 is 1.74 bits per heavy atom. The molecule has 23 heavy (non-hydrogen) atoms. The molecule has 0 aliphatic rings. The highest BCUT2D eigenvalue weighted by Gasteiger charge is 2.09.